The van der Waals surface area contributed by atoms with Crippen molar-refractivity contribution in [1.82, 2.24) is 4.98 Å². The Hall–Kier alpha value is -2.37. The zero-order valence-electron chi connectivity index (χ0n) is 8.89. The maximum Gasteiger partial charge on any atom is 0.417 e. The van der Waals surface area contributed by atoms with Crippen LogP contribution in [-0.4, -0.2) is 21.8 Å². The van der Waals surface area contributed by atoms with Gasteiger partial charge in [0.15, 0.2) is 11.4 Å². The van der Waals surface area contributed by atoms with Crippen molar-refractivity contribution < 1.29 is 19.1 Å². The molecule has 2 N–H and O–H groups in total. The first-order valence-corrected chi connectivity index (χ1v) is 4.89. The van der Waals surface area contributed by atoms with Crippen LogP contribution in [0.2, 0.25) is 0 Å². The number of nitrogens with one attached hydrogen (secondary N) is 1. The van der Waals surface area contributed by atoms with Gasteiger partial charge in [-0.25, -0.2) is 4.79 Å². The van der Waals surface area contributed by atoms with Crippen molar-refractivity contribution in [3.63, 3.8) is 0 Å². The molecule has 0 amide bonds. The summed E-state index contributed by atoms with van der Waals surface area (Å²) in [6, 6.07) is 4.29. The van der Waals surface area contributed by atoms with Gasteiger partial charge in [-0.15, -0.1) is 0 Å². The Kier molecular flexibility index (Phi) is 2.55. The third-order valence-electron chi connectivity index (χ3n) is 2.47. The number of rotatable bonds is 3. The van der Waals surface area contributed by atoms with Crippen molar-refractivity contribution in [2.45, 2.75) is 6.92 Å². The predicted molar refractivity (Wildman–Crippen MR) is 58.0 cm³/mol. The molecular formula is C11H9NO5. The number of H-pyrrole nitrogens is 1. The summed E-state index contributed by atoms with van der Waals surface area (Å²) in [5, 5.41) is 8.73. The summed E-state index contributed by atoms with van der Waals surface area (Å²) in [5.41, 5.74) is 0.928. The van der Waals surface area contributed by atoms with Gasteiger partial charge in [0.05, 0.1) is 5.52 Å². The highest BCUT2D eigenvalue weighted by Gasteiger charge is 2.22. The Morgan fingerprint density at radius 1 is 1.41 bits per heavy atom. The fourth-order valence-corrected chi connectivity index (χ4v) is 1.47. The minimum absolute atomic E-state index is 0.226. The van der Waals surface area contributed by atoms with Crippen LogP contribution in [0.3, 0.4) is 0 Å². The van der Waals surface area contributed by atoms with Crippen LogP contribution in [0.25, 0.3) is 11.1 Å². The highest BCUT2D eigenvalue weighted by Crippen LogP contribution is 2.15. The van der Waals surface area contributed by atoms with Crippen molar-refractivity contribution in [3.05, 3.63) is 34.3 Å². The number of aromatic nitrogens is 1. The van der Waals surface area contributed by atoms with E-state index in [9.17, 15) is 14.4 Å². The number of ketones is 1. The number of carbonyl (C=O) groups excluding carboxylic acids is 1. The maximum atomic E-state index is 11.7. The summed E-state index contributed by atoms with van der Waals surface area (Å²) in [6.07, 6.45) is 0. The SMILES string of the molecule is CC(C(=O)O)C(=O)c1ccc2oc(=O)[nH]c2c1. The lowest BCUT2D eigenvalue weighted by molar-refractivity contribution is -0.139. The third kappa shape index (κ3) is 1.96. The second-order valence-corrected chi connectivity index (χ2v) is 3.65. The van der Waals surface area contributed by atoms with E-state index < -0.39 is 23.4 Å². The Balaban J connectivity index is 2.46. The van der Waals surface area contributed by atoms with Crippen molar-refractivity contribution in [1.29, 1.82) is 0 Å². The van der Waals surface area contributed by atoms with Gasteiger partial charge in [-0.2, -0.15) is 0 Å². The molecule has 0 saturated heterocycles. The topological polar surface area (TPSA) is 100 Å². The number of aliphatic carboxylic acids is 1. The Morgan fingerprint density at radius 2 is 2.12 bits per heavy atom. The summed E-state index contributed by atoms with van der Waals surface area (Å²) in [4.78, 5) is 35.7. The van der Waals surface area contributed by atoms with Gasteiger partial charge < -0.3 is 9.52 Å². The van der Waals surface area contributed by atoms with Crippen LogP contribution in [0.5, 0.6) is 0 Å². The number of oxazole rings is 1. The van der Waals surface area contributed by atoms with Crippen LogP contribution in [0.1, 0.15) is 17.3 Å². The maximum absolute atomic E-state index is 11.7. The van der Waals surface area contributed by atoms with Gasteiger partial charge in [0.2, 0.25) is 0 Å². The predicted octanol–water partition coefficient (Wildman–Crippen LogP) is 1.02. The molecule has 17 heavy (non-hydrogen) atoms. The number of Topliss-reactive ketones (excluding diaryl/α,β-unsaturated/α-hetero) is 1. The van der Waals surface area contributed by atoms with Gasteiger partial charge >= 0.3 is 11.7 Å². The van der Waals surface area contributed by atoms with Crippen molar-refractivity contribution in [3.8, 4) is 0 Å². The molecule has 1 unspecified atom stereocenters. The number of benzene rings is 1. The van der Waals surface area contributed by atoms with Crippen LogP contribution in [-0.2, 0) is 4.79 Å². The Morgan fingerprint density at radius 3 is 2.76 bits per heavy atom. The molecule has 0 aliphatic heterocycles. The summed E-state index contributed by atoms with van der Waals surface area (Å²) in [6.45, 7) is 1.31. The second-order valence-electron chi connectivity index (χ2n) is 3.65. The highest BCUT2D eigenvalue weighted by molar-refractivity contribution is 6.08. The minimum atomic E-state index is -1.18. The standard InChI is InChI=1S/C11H9NO5/c1-5(10(14)15)9(13)6-2-3-8-7(4-6)12-11(16)17-8/h2-5H,1H3,(H,12,16)(H,14,15). The molecule has 1 atom stereocenters. The molecule has 0 spiro atoms. The van der Waals surface area contributed by atoms with Crippen LogP contribution < -0.4 is 5.76 Å². The summed E-state index contributed by atoms with van der Waals surface area (Å²) < 4.78 is 4.77. The molecule has 0 radical (unpaired) electrons. The molecule has 1 heterocycles. The van der Waals surface area contributed by atoms with E-state index in [-0.39, 0.29) is 5.56 Å². The number of hydrogen-bond donors (Lipinski definition) is 2. The Labute approximate surface area is 94.9 Å². The van der Waals surface area contributed by atoms with E-state index in [1.165, 1.54) is 25.1 Å². The molecular weight excluding hydrogens is 226 g/mol. The molecule has 1 aromatic heterocycles. The molecule has 0 fully saturated rings. The van der Waals surface area contributed by atoms with Gasteiger partial charge in [-0.3, -0.25) is 14.6 Å². The molecule has 0 bridgehead atoms. The first kappa shape index (κ1) is 11.1. The van der Waals surface area contributed by atoms with Crippen LogP contribution in [0.4, 0.5) is 0 Å². The van der Waals surface area contributed by atoms with Gasteiger partial charge in [-0.05, 0) is 25.1 Å². The van der Waals surface area contributed by atoms with Crippen LogP contribution in [0, 0.1) is 5.92 Å². The molecule has 0 saturated carbocycles. The first-order chi connectivity index (χ1) is 7.99. The zero-order valence-corrected chi connectivity index (χ0v) is 8.89. The van der Waals surface area contributed by atoms with Gasteiger partial charge in [0, 0.05) is 5.56 Å². The van der Waals surface area contributed by atoms with Gasteiger partial charge in [0.1, 0.15) is 5.92 Å². The lowest BCUT2D eigenvalue weighted by Gasteiger charge is -2.04. The normalized spacial score (nSPS) is 12.5. The van der Waals surface area contributed by atoms with Gasteiger partial charge in [0.25, 0.3) is 0 Å². The first-order valence-electron chi connectivity index (χ1n) is 4.89. The van der Waals surface area contributed by atoms with E-state index in [4.69, 9.17) is 9.52 Å². The molecule has 6 nitrogen and oxygen atoms in total. The number of carboxylic acids is 1. The lowest BCUT2D eigenvalue weighted by atomic mass is 9.99. The number of carboxylic acid groups (broad SMARTS) is 1. The third-order valence-corrected chi connectivity index (χ3v) is 2.47. The fraction of sp³-hybridized carbons (Fsp3) is 0.182. The van der Waals surface area contributed by atoms with E-state index in [0.29, 0.717) is 11.1 Å². The van der Waals surface area contributed by atoms with E-state index in [2.05, 4.69) is 4.98 Å². The number of carbonyl (C=O) groups is 2. The summed E-state index contributed by atoms with van der Waals surface area (Å²) >= 11 is 0. The van der Waals surface area contributed by atoms with Crippen LogP contribution in [0.15, 0.2) is 27.4 Å². The largest absolute Gasteiger partial charge is 0.481 e. The lowest BCUT2D eigenvalue weighted by Crippen LogP contribution is -2.20. The smallest absolute Gasteiger partial charge is 0.417 e. The molecule has 2 aromatic rings. The molecule has 1 aromatic carbocycles. The average Bonchev–Trinajstić information content (AvgIpc) is 2.65. The number of aromatic amines is 1. The van der Waals surface area contributed by atoms with Crippen molar-refractivity contribution >= 4 is 22.9 Å². The minimum Gasteiger partial charge on any atom is -0.481 e. The monoisotopic (exact) mass is 235 g/mol. The van der Waals surface area contributed by atoms with E-state index in [1.807, 2.05) is 0 Å². The molecule has 2 rings (SSSR count). The Bertz CT molecular complexity index is 651. The second kappa shape index (κ2) is 3.89. The number of hydrogen-bond acceptors (Lipinski definition) is 4. The van der Waals surface area contributed by atoms with Crippen molar-refractivity contribution in [2.75, 3.05) is 0 Å². The summed E-state index contributed by atoms with van der Waals surface area (Å²) in [5.74, 6) is -3.43. The molecule has 6 heteroatoms. The van der Waals surface area contributed by atoms with Gasteiger partial charge in [-0.1, -0.05) is 0 Å². The molecule has 0 aliphatic rings. The molecule has 0 aliphatic carbocycles. The highest BCUT2D eigenvalue weighted by atomic mass is 16.4. The zero-order chi connectivity index (χ0) is 12.6. The quantitative estimate of drug-likeness (QED) is 0.611. The number of fused-ring (bicyclic) bond motifs is 1. The fourth-order valence-electron chi connectivity index (χ4n) is 1.47. The van der Waals surface area contributed by atoms with E-state index in [1.54, 1.807) is 0 Å². The average molecular weight is 235 g/mol. The van der Waals surface area contributed by atoms with E-state index >= 15 is 0 Å². The molecule has 88 valence electrons. The van der Waals surface area contributed by atoms with E-state index in [0.717, 1.165) is 0 Å². The van der Waals surface area contributed by atoms with Crippen molar-refractivity contribution in [2.24, 2.45) is 5.92 Å². The van der Waals surface area contributed by atoms with Crippen LogP contribution >= 0.6 is 0 Å². The summed E-state index contributed by atoms with van der Waals surface area (Å²) in [7, 11) is 0.